The molecule has 0 bridgehead atoms. The number of carbonyl (C=O) groups excluding carboxylic acids is 1. The first-order valence-electron chi connectivity index (χ1n) is 19.7. The number of imidazole rings is 2. The molecule has 0 saturated heterocycles. The van der Waals surface area contributed by atoms with Crippen LogP contribution in [-0.4, -0.2) is 36.0 Å². The van der Waals surface area contributed by atoms with Gasteiger partial charge in [-0.05, 0) is 97.9 Å². The van der Waals surface area contributed by atoms with Gasteiger partial charge >= 0.3 is 5.97 Å². The first kappa shape index (κ1) is 41.5. The van der Waals surface area contributed by atoms with Crippen molar-refractivity contribution in [2.45, 2.75) is 94.7 Å². The molecule has 2 aliphatic rings. The predicted octanol–water partition coefficient (Wildman–Crippen LogP) is 8.26. The number of aliphatic carboxylic acids is 1. The lowest BCUT2D eigenvalue weighted by Gasteiger charge is -2.35. The summed E-state index contributed by atoms with van der Waals surface area (Å²) in [5.41, 5.74) is 13.4. The van der Waals surface area contributed by atoms with E-state index >= 15 is 0 Å². The van der Waals surface area contributed by atoms with Gasteiger partial charge < -0.3 is 20.0 Å². The van der Waals surface area contributed by atoms with Crippen LogP contribution in [0, 0.1) is 45.3 Å². The second-order valence-corrected chi connectivity index (χ2v) is 15.5. The molecule has 2 unspecified atom stereocenters. The van der Waals surface area contributed by atoms with E-state index < -0.39 is 5.97 Å². The van der Waals surface area contributed by atoms with Crippen LogP contribution in [0.5, 0.6) is 0 Å². The number of carbonyl (C=O) groups is 2. The van der Waals surface area contributed by atoms with Crippen molar-refractivity contribution in [1.29, 1.82) is 21.0 Å². The number of carboxylic acid groups (broad SMARTS) is 1. The second kappa shape index (κ2) is 18.0. The van der Waals surface area contributed by atoms with Crippen molar-refractivity contribution >= 4 is 33.8 Å². The van der Waals surface area contributed by atoms with Gasteiger partial charge in [-0.15, -0.1) is 0 Å². The van der Waals surface area contributed by atoms with Crippen molar-refractivity contribution in [2.24, 2.45) is 5.73 Å². The third-order valence-electron chi connectivity index (χ3n) is 11.6. The normalized spacial score (nSPS) is 15.4. The average Bonchev–Trinajstić information content (AvgIpc) is 3.82. The molecule has 2 aromatic heterocycles. The molecule has 2 atom stereocenters. The quantitative estimate of drug-likeness (QED) is 0.136. The zero-order chi connectivity index (χ0) is 42.2. The maximum absolute atomic E-state index is 12.7. The Labute approximate surface area is 343 Å². The maximum Gasteiger partial charge on any atom is 0.323 e. The lowest BCUT2D eigenvalue weighted by molar-refractivity contribution is -0.137. The Morgan fingerprint density at radius 2 is 1.14 bits per heavy atom. The van der Waals surface area contributed by atoms with Crippen LogP contribution in [0.15, 0.2) is 97.6 Å². The molecule has 2 aliphatic carbocycles. The van der Waals surface area contributed by atoms with Crippen molar-refractivity contribution in [2.75, 3.05) is 0 Å². The SMILES string of the molecule is CC(CC(=O)Cn1cnc2cccc(C#N)c21)c1ccc(C2(C#N)CCC2)cc1.CC(N)c1ccc(C2(C#N)CCC2)cc1.N#Cc1cccc2ncn(CC(=O)O)c12. The number of carboxylic acids is 1. The fourth-order valence-electron chi connectivity index (χ4n) is 7.76. The molecule has 0 aliphatic heterocycles. The van der Waals surface area contributed by atoms with E-state index in [0.717, 1.165) is 59.9 Å². The Morgan fingerprint density at radius 1 is 0.695 bits per heavy atom. The van der Waals surface area contributed by atoms with Crippen molar-refractivity contribution in [3.05, 3.63) is 131 Å². The standard InChI is InChI=1S/C24H22N4O.C13H16N2.C10H7N3O2/c1-17(18-6-8-20(9-7-18)24(15-26)10-3-11-24)12-21(29)14-28-16-27-22-5-2-4-19(13-25)23(22)28;1-10(15)11-3-5-12(6-4-11)13(9-14)7-2-8-13;11-4-7-2-1-3-8-10(7)13(6-12-8)5-9(14)15/h2,4-9,16-17H,3,10-12,14H2,1H3;3-6,10H,2,7-8,15H2,1H3;1-3,6H,5H2,(H,14,15). The van der Waals surface area contributed by atoms with E-state index in [0.29, 0.717) is 34.1 Å². The van der Waals surface area contributed by atoms with Crippen LogP contribution in [0.1, 0.15) is 104 Å². The maximum atomic E-state index is 12.7. The minimum Gasteiger partial charge on any atom is -0.480 e. The van der Waals surface area contributed by atoms with E-state index in [2.05, 4.69) is 40.3 Å². The number of benzene rings is 4. The summed E-state index contributed by atoms with van der Waals surface area (Å²) in [7, 11) is 0. The van der Waals surface area contributed by atoms with Crippen LogP contribution in [0.3, 0.4) is 0 Å². The van der Waals surface area contributed by atoms with Crippen LogP contribution in [0.4, 0.5) is 0 Å². The first-order chi connectivity index (χ1) is 28.5. The number of aromatic nitrogens is 4. The van der Waals surface area contributed by atoms with Gasteiger partial charge in [-0.25, -0.2) is 9.97 Å². The number of Topliss-reactive ketones (excluding diaryl/α,β-unsaturated/α-hetero) is 1. The lowest BCUT2D eigenvalue weighted by Crippen LogP contribution is -2.32. The highest BCUT2D eigenvalue weighted by Gasteiger charge is 2.39. The molecule has 12 heteroatoms. The van der Waals surface area contributed by atoms with Crippen LogP contribution in [-0.2, 0) is 33.5 Å². The second-order valence-electron chi connectivity index (χ2n) is 15.5. The monoisotopic (exact) mass is 783 g/mol. The molecular weight excluding hydrogens is 739 g/mol. The zero-order valence-electron chi connectivity index (χ0n) is 33.2. The number of hydrogen-bond donors (Lipinski definition) is 2. The summed E-state index contributed by atoms with van der Waals surface area (Å²) in [4.78, 5) is 31.6. The molecule has 2 fully saturated rings. The Bertz CT molecular complexity index is 2640. The number of nitrogens with zero attached hydrogens (tertiary/aromatic N) is 8. The van der Waals surface area contributed by atoms with E-state index in [1.807, 2.05) is 62.4 Å². The van der Waals surface area contributed by atoms with Crippen molar-refractivity contribution in [3.8, 4) is 24.3 Å². The van der Waals surface area contributed by atoms with Gasteiger partial charge in [-0.2, -0.15) is 21.0 Å². The van der Waals surface area contributed by atoms with E-state index in [-0.39, 0.29) is 41.7 Å². The van der Waals surface area contributed by atoms with Gasteiger partial charge in [-0.3, -0.25) is 9.59 Å². The molecule has 6 aromatic rings. The molecule has 2 heterocycles. The summed E-state index contributed by atoms with van der Waals surface area (Å²) in [5.74, 6) is -0.774. The van der Waals surface area contributed by atoms with E-state index in [1.54, 1.807) is 41.2 Å². The fraction of sp³-hybridized carbons (Fsp3) is 0.319. The third-order valence-corrected chi connectivity index (χ3v) is 11.6. The number of hydrogen-bond acceptors (Lipinski definition) is 9. The number of rotatable bonds is 10. The number of nitrogens with two attached hydrogens (primary N) is 1. The molecule has 0 spiro atoms. The van der Waals surface area contributed by atoms with Crippen molar-refractivity contribution in [1.82, 2.24) is 19.1 Å². The van der Waals surface area contributed by atoms with Crippen molar-refractivity contribution < 1.29 is 14.7 Å². The third kappa shape index (κ3) is 8.90. The van der Waals surface area contributed by atoms with Gasteiger partial charge in [0.1, 0.15) is 18.7 Å². The Kier molecular flexibility index (Phi) is 12.7. The number of para-hydroxylation sites is 2. The molecule has 296 valence electrons. The molecular formula is C47H45N9O3. The Hall–Kier alpha value is -7.12. The van der Waals surface area contributed by atoms with Crippen LogP contribution in [0.2, 0.25) is 0 Å². The predicted molar refractivity (Wildman–Crippen MR) is 222 cm³/mol. The van der Waals surface area contributed by atoms with Gasteiger partial charge in [-0.1, -0.05) is 67.6 Å². The number of fused-ring (bicyclic) bond motifs is 2. The highest BCUT2D eigenvalue weighted by Crippen LogP contribution is 2.44. The Balaban J connectivity index is 0.000000164. The molecule has 0 radical (unpaired) electrons. The van der Waals surface area contributed by atoms with Gasteiger partial charge in [0.2, 0.25) is 0 Å². The van der Waals surface area contributed by atoms with Crippen molar-refractivity contribution in [3.63, 3.8) is 0 Å². The number of ketones is 1. The summed E-state index contributed by atoms with van der Waals surface area (Å²) >= 11 is 0. The minimum atomic E-state index is -0.956. The summed E-state index contributed by atoms with van der Waals surface area (Å²) < 4.78 is 3.22. The van der Waals surface area contributed by atoms with Gasteiger partial charge in [0.15, 0.2) is 5.78 Å². The summed E-state index contributed by atoms with van der Waals surface area (Å²) in [6.07, 6.45) is 9.61. The summed E-state index contributed by atoms with van der Waals surface area (Å²) in [6, 6.07) is 36.0. The zero-order valence-corrected chi connectivity index (χ0v) is 33.2. The smallest absolute Gasteiger partial charge is 0.323 e. The summed E-state index contributed by atoms with van der Waals surface area (Å²) in [5, 5.41) is 45.6. The molecule has 3 N–H and O–H groups in total. The lowest BCUT2D eigenvalue weighted by atomic mass is 9.65. The highest BCUT2D eigenvalue weighted by molar-refractivity contribution is 5.85. The van der Waals surface area contributed by atoms with Gasteiger partial charge in [0, 0.05) is 12.5 Å². The van der Waals surface area contributed by atoms with Crippen LogP contribution in [0.25, 0.3) is 22.1 Å². The van der Waals surface area contributed by atoms with E-state index in [1.165, 1.54) is 17.3 Å². The number of nitriles is 4. The molecule has 59 heavy (non-hydrogen) atoms. The highest BCUT2D eigenvalue weighted by atomic mass is 16.4. The average molecular weight is 784 g/mol. The molecule has 8 rings (SSSR count). The topological polar surface area (TPSA) is 211 Å². The Morgan fingerprint density at radius 3 is 1.51 bits per heavy atom. The van der Waals surface area contributed by atoms with Crippen LogP contribution >= 0.6 is 0 Å². The molecule has 2 saturated carbocycles. The minimum absolute atomic E-state index is 0.0680. The van der Waals surface area contributed by atoms with E-state index in [9.17, 15) is 25.4 Å². The van der Waals surface area contributed by atoms with Gasteiger partial charge in [0.25, 0.3) is 0 Å². The van der Waals surface area contributed by atoms with E-state index in [4.69, 9.17) is 16.1 Å². The molecule has 0 amide bonds. The summed E-state index contributed by atoms with van der Waals surface area (Å²) in [6.45, 7) is 4.03. The molecule has 12 nitrogen and oxygen atoms in total. The van der Waals surface area contributed by atoms with Crippen LogP contribution < -0.4 is 5.73 Å². The largest absolute Gasteiger partial charge is 0.480 e. The first-order valence-corrected chi connectivity index (χ1v) is 19.7. The molecule has 4 aromatic carbocycles. The fourth-order valence-corrected chi connectivity index (χ4v) is 7.76. The van der Waals surface area contributed by atoms with Gasteiger partial charge in [0.05, 0.1) is 75.4 Å².